The summed E-state index contributed by atoms with van der Waals surface area (Å²) < 4.78 is 2.14. The number of hydrogen-bond donors (Lipinski definition) is 1. The van der Waals surface area contributed by atoms with Crippen molar-refractivity contribution in [1.82, 2.24) is 14.5 Å². The summed E-state index contributed by atoms with van der Waals surface area (Å²) in [4.78, 5) is 31.9. The smallest absolute Gasteiger partial charge is 0.255 e. The van der Waals surface area contributed by atoms with E-state index >= 15 is 0 Å². The largest absolute Gasteiger partial charge is 0.348 e. The minimum Gasteiger partial charge on any atom is -0.348 e. The van der Waals surface area contributed by atoms with Crippen LogP contribution in [0.1, 0.15) is 33.2 Å². The number of carbonyl (C=O) groups is 2. The van der Waals surface area contributed by atoms with Crippen molar-refractivity contribution in [3.05, 3.63) is 95.4 Å². The minimum absolute atomic E-state index is 0.0459. The van der Waals surface area contributed by atoms with E-state index in [1.165, 1.54) is 0 Å². The third-order valence-electron chi connectivity index (χ3n) is 6.04. The molecule has 154 valence electrons. The highest BCUT2D eigenvalue weighted by molar-refractivity contribution is 6.04. The minimum atomic E-state index is -0.325. The maximum atomic E-state index is 13.3. The maximum absolute atomic E-state index is 13.3. The predicted octanol–water partition coefficient (Wildman–Crippen LogP) is 4.07. The zero-order valence-corrected chi connectivity index (χ0v) is 17.4. The van der Waals surface area contributed by atoms with Gasteiger partial charge in [-0.3, -0.25) is 14.6 Å². The van der Waals surface area contributed by atoms with Crippen LogP contribution in [0.5, 0.6) is 0 Å². The van der Waals surface area contributed by atoms with Crippen molar-refractivity contribution in [1.29, 1.82) is 0 Å². The zero-order valence-electron chi connectivity index (χ0n) is 17.4. The first kappa shape index (κ1) is 19.1. The van der Waals surface area contributed by atoms with Crippen molar-refractivity contribution in [2.24, 2.45) is 7.05 Å². The summed E-state index contributed by atoms with van der Waals surface area (Å²) in [6, 6.07) is 19.0. The summed E-state index contributed by atoms with van der Waals surface area (Å²) in [6.45, 7) is 2.02. The van der Waals surface area contributed by atoms with Crippen molar-refractivity contribution in [2.45, 2.75) is 13.0 Å². The fourth-order valence-electron chi connectivity index (χ4n) is 4.53. The van der Waals surface area contributed by atoms with E-state index in [9.17, 15) is 9.59 Å². The molecule has 1 aliphatic rings. The number of para-hydroxylation sites is 1. The quantitative estimate of drug-likeness (QED) is 0.552. The molecule has 6 nitrogen and oxygen atoms in total. The Labute approximate surface area is 180 Å². The van der Waals surface area contributed by atoms with Crippen molar-refractivity contribution in [3.63, 3.8) is 0 Å². The van der Waals surface area contributed by atoms with Gasteiger partial charge >= 0.3 is 0 Å². The van der Waals surface area contributed by atoms with E-state index in [1.807, 2.05) is 43.4 Å². The molecule has 0 aliphatic carbocycles. The van der Waals surface area contributed by atoms with E-state index in [-0.39, 0.29) is 24.4 Å². The Bertz CT molecular complexity index is 1310. The van der Waals surface area contributed by atoms with E-state index in [1.54, 1.807) is 29.4 Å². The van der Waals surface area contributed by atoms with Crippen molar-refractivity contribution >= 4 is 28.4 Å². The van der Waals surface area contributed by atoms with Crippen molar-refractivity contribution in [3.8, 4) is 0 Å². The molecule has 0 fully saturated rings. The van der Waals surface area contributed by atoms with Crippen LogP contribution in [0.4, 0.5) is 5.69 Å². The number of anilines is 1. The van der Waals surface area contributed by atoms with Crippen LogP contribution < -0.4 is 5.32 Å². The number of benzene rings is 2. The van der Waals surface area contributed by atoms with E-state index < -0.39 is 0 Å². The number of pyridine rings is 1. The highest BCUT2D eigenvalue weighted by Crippen LogP contribution is 2.43. The molecule has 1 aliphatic heterocycles. The molecule has 1 N–H and O–H groups in total. The van der Waals surface area contributed by atoms with Crippen LogP contribution in [-0.2, 0) is 11.8 Å². The molecule has 6 heteroatoms. The predicted molar refractivity (Wildman–Crippen MR) is 120 cm³/mol. The van der Waals surface area contributed by atoms with Gasteiger partial charge in [0.05, 0.1) is 17.9 Å². The lowest BCUT2D eigenvalue weighted by molar-refractivity contribution is -0.117. The molecule has 2 aromatic carbocycles. The van der Waals surface area contributed by atoms with Gasteiger partial charge in [-0.05, 0) is 36.8 Å². The maximum Gasteiger partial charge on any atom is 0.255 e. The average Bonchev–Trinajstić information content (AvgIpc) is 3.20. The third-order valence-corrected chi connectivity index (χ3v) is 6.04. The summed E-state index contributed by atoms with van der Waals surface area (Å²) in [6.07, 6.45) is 3.24. The van der Waals surface area contributed by atoms with E-state index in [4.69, 9.17) is 0 Å². The number of nitrogens with zero attached hydrogens (tertiary/aromatic N) is 3. The number of rotatable bonds is 4. The molecule has 0 bridgehead atoms. The lowest BCUT2D eigenvalue weighted by atomic mass is 9.95. The molecular formula is C25H22N4O2. The lowest BCUT2D eigenvalue weighted by Crippen LogP contribution is -2.36. The molecule has 2 aromatic heterocycles. The first-order valence-corrected chi connectivity index (χ1v) is 10.2. The second kappa shape index (κ2) is 7.40. The van der Waals surface area contributed by atoms with Gasteiger partial charge in [-0.15, -0.1) is 0 Å². The molecule has 1 atom stereocenters. The van der Waals surface area contributed by atoms with Gasteiger partial charge < -0.3 is 14.8 Å². The highest BCUT2D eigenvalue weighted by atomic mass is 16.2. The summed E-state index contributed by atoms with van der Waals surface area (Å²) in [5, 5.41) is 3.94. The Balaban J connectivity index is 1.59. The molecule has 2 amide bonds. The van der Waals surface area contributed by atoms with Gasteiger partial charge in [-0.1, -0.05) is 36.4 Å². The van der Waals surface area contributed by atoms with E-state index in [2.05, 4.69) is 33.9 Å². The Hall–Kier alpha value is -3.93. The standard InChI is InChI=1S/C25H22N4O2/c1-16-23(20-11-5-6-12-21(20)28(16)2)24-18-9-3-4-10-19(18)25(31)29(24)15-22(30)27-17-8-7-13-26-14-17/h3-14,24H,15H2,1-2H3,(H,27,30). The molecule has 0 saturated heterocycles. The lowest BCUT2D eigenvalue weighted by Gasteiger charge is -2.26. The summed E-state index contributed by atoms with van der Waals surface area (Å²) in [5.74, 6) is -0.383. The molecule has 31 heavy (non-hydrogen) atoms. The second-order valence-electron chi connectivity index (χ2n) is 7.79. The van der Waals surface area contributed by atoms with Crippen LogP contribution in [0.3, 0.4) is 0 Å². The first-order valence-electron chi connectivity index (χ1n) is 10.2. The average molecular weight is 410 g/mol. The number of fused-ring (bicyclic) bond motifs is 2. The monoisotopic (exact) mass is 410 g/mol. The number of carbonyl (C=O) groups excluding carboxylic acids is 2. The Morgan fingerprint density at radius 2 is 1.84 bits per heavy atom. The van der Waals surface area contributed by atoms with Gasteiger partial charge in [0.1, 0.15) is 6.54 Å². The molecule has 0 spiro atoms. The number of hydrogen-bond acceptors (Lipinski definition) is 3. The molecule has 4 aromatic rings. The number of aryl methyl sites for hydroxylation is 1. The number of nitrogens with one attached hydrogen (secondary N) is 1. The van der Waals surface area contributed by atoms with E-state index in [0.717, 1.165) is 27.7 Å². The molecule has 3 heterocycles. The Morgan fingerprint density at radius 3 is 2.65 bits per heavy atom. The van der Waals surface area contributed by atoms with Crippen LogP contribution in [0.2, 0.25) is 0 Å². The van der Waals surface area contributed by atoms with Gasteiger partial charge in [0.25, 0.3) is 5.91 Å². The number of amides is 2. The second-order valence-corrected chi connectivity index (χ2v) is 7.79. The highest BCUT2D eigenvalue weighted by Gasteiger charge is 2.40. The molecule has 0 radical (unpaired) electrons. The van der Waals surface area contributed by atoms with Crippen molar-refractivity contribution < 1.29 is 9.59 Å². The van der Waals surface area contributed by atoms with Crippen LogP contribution in [0.15, 0.2) is 73.1 Å². The van der Waals surface area contributed by atoms with Gasteiger partial charge in [0, 0.05) is 41.0 Å². The molecule has 0 saturated carbocycles. The summed E-state index contributed by atoms with van der Waals surface area (Å²) in [5.41, 5.74) is 5.43. The van der Waals surface area contributed by atoms with Crippen LogP contribution in [-0.4, -0.2) is 32.8 Å². The topological polar surface area (TPSA) is 67.2 Å². The zero-order chi connectivity index (χ0) is 21.5. The molecular weight excluding hydrogens is 388 g/mol. The number of aromatic nitrogens is 2. The van der Waals surface area contributed by atoms with Crippen LogP contribution in [0.25, 0.3) is 10.9 Å². The Kier molecular flexibility index (Phi) is 4.55. The fourth-order valence-corrected chi connectivity index (χ4v) is 4.53. The molecule has 1 unspecified atom stereocenters. The van der Waals surface area contributed by atoms with Gasteiger partial charge in [0.15, 0.2) is 0 Å². The van der Waals surface area contributed by atoms with E-state index in [0.29, 0.717) is 11.3 Å². The third kappa shape index (κ3) is 3.08. The van der Waals surface area contributed by atoms with Crippen LogP contribution in [0, 0.1) is 6.92 Å². The van der Waals surface area contributed by atoms with Gasteiger partial charge in [-0.2, -0.15) is 0 Å². The SMILES string of the molecule is Cc1c(C2c3ccccc3C(=O)N2CC(=O)Nc2cccnc2)c2ccccc2n1C. The first-order chi connectivity index (χ1) is 15.1. The van der Waals surface area contributed by atoms with Gasteiger partial charge in [-0.25, -0.2) is 0 Å². The molecule has 5 rings (SSSR count). The van der Waals surface area contributed by atoms with Gasteiger partial charge in [0.2, 0.25) is 5.91 Å². The van der Waals surface area contributed by atoms with Crippen LogP contribution >= 0.6 is 0 Å². The van der Waals surface area contributed by atoms with Crippen molar-refractivity contribution in [2.75, 3.05) is 11.9 Å². The normalized spacial score (nSPS) is 15.4. The fraction of sp³-hybridized carbons (Fsp3) is 0.160. The Morgan fingerprint density at radius 1 is 1.06 bits per heavy atom. The summed E-state index contributed by atoms with van der Waals surface area (Å²) in [7, 11) is 2.03. The summed E-state index contributed by atoms with van der Waals surface area (Å²) >= 11 is 0.